The second-order valence-corrected chi connectivity index (χ2v) is 8.22. The van der Waals surface area contributed by atoms with E-state index < -0.39 is 24.0 Å². The first-order valence-electron chi connectivity index (χ1n) is 10.8. The fourth-order valence-corrected chi connectivity index (χ4v) is 4.85. The zero-order chi connectivity index (χ0) is 22.5. The van der Waals surface area contributed by atoms with Gasteiger partial charge in [0.25, 0.3) is 5.91 Å². The third-order valence-corrected chi connectivity index (χ3v) is 6.35. The minimum absolute atomic E-state index is 0.325. The monoisotopic (exact) mass is 438 g/mol. The molecule has 0 bridgehead atoms. The smallest absolute Gasteiger partial charge is 0.266 e. The summed E-state index contributed by atoms with van der Waals surface area (Å²) in [5.41, 5.74) is 1.97. The Morgan fingerprint density at radius 1 is 0.727 bits per heavy atom. The molecule has 0 radical (unpaired) electrons. The fraction of sp³-hybridized carbons (Fsp3) is 0.111. The van der Waals surface area contributed by atoms with Crippen molar-refractivity contribution in [3.8, 4) is 0 Å². The molecule has 0 aromatic heterocycles. The molecule has 2 amide bonds. The summed E-state index contributed by atoms with van der Waals surface area (Å²) >= 11 is 0. The number of hydrogen-bond donors (Lipinski definition) is 0. The van der Waals surface area contributed by atoms with Crippen LogP contribution in [0.2, 0.25) is 0 Å². The van der Waals surface area contributed by atoms with Gasteiger partial charge in [-0.05, 0) is 41.3 Å². The molecule has 0 spiro atoms. The number of nitrogens with zero attached hydrogens (tertiary/aromatic N) is 2. The minimum atomic E-state index is -0.966. The molecule has 2 aliphatic heterocycles. The number of carbonyl (C=O) groups is 2. The molecule has 4 aromatic rings. The van der Waals surface area contributed by atoms with Crippen LogP contribution in [0, 0.1) is 11.7 Å². The van der Waals surface area contributed by atoms with E-state index in [0.717, 1.165) is 16.5 Å². The number of imide groups is 1. The van der Waals surface area contributed by atoms with E-state index in [-0.39, 0.29) is 11.7 Å². The van der Waals surface area contributed by atoms with Gasteiger partial charge in [0.15, 0.2) is 6.10 Å². The van der Waals surface area contributed by atoms with Crippen LogP contribution >= 0.6 is 0 Å². The maximum absolute atomic E-state index is 13.8. The van der Waals surface area contributed by atoms with Gasteiger partial charge in [-0.2, -0.15) is 0 Å². The van der Waals surface area contributed by atoms with Crippen molar-refractivity contribution in [2.24, 2.45) is 5.92 Å². The Kier molecular flexibility index (Phi) is 4.48. The fourth-order valence-electron chi connectivity index (χ4n) is 4.85. The second kappa shape index (κ2) is 7.53. The van der Waals surface area contributed by atoms with E-state index in [1.165, 1.54) is 17.0 Å². The van der Waals surface area contributed by atoms with E-state index in [9.17, 15) is 14.0 Å². The largest absolute Gasteiger partial charge is 0.273 e. The number of halogens is 1. The molecule has 2 saturated heterocycles. The maximum Gasteiger partial charge on any atom is 0.266 e. The first-order valence-corrected chi connectivity index (χ1v) is 10.8. The molecule has 0 aliphatic carbocycles. The topological polar surface area (TPSA) is 49.9 Å². The van der Waals surface area contributed by atoms with Crippen LogP contribution in [0.15, 0.2) is 97.1 Å². The SMILES string of the molecule is O=C1[C@@H]2[C@@H](c3ccc(F)cc3)N(c3ccccc3)O[C@H]2C(=O)N1c1cccc2ccccc12. The number of fused-ring (bicyclic) bond motifs is 2. The lowest BCUT2D eigenvalue weighted by Crippen LogP contribution is -2.37. The lowest BCUT2D eigenvalue weighted by Gasteiger charge is -2.29. The van der Waals surface area contributed by atoms with Gasteiger partial charge in [-0.25, -0.2) is 14.4 Å². The molecule has 6 heteroatoms. The Morgan fingerprint density at radius 3 is 2.21 bits per heavy atom. The van der Waals surface area contributed by atoms with Gasteiger partial charge in [0.05, 0.1) is 17.4 Å². The number of amides is 2. The van der Waals surface area contributed by atoms with Crippen molar-refractivity contribution >= 4 is 34.0 Å². The van der Waals surface area contributed by atoms with Gasteiger partial charge in [-0.1, -0.05) is 66.7 Å². The highest BCUT2D eigenvalue weighted by Crippen LogP contribution is 2.48. The van der Waals surface area contributed by atoms with Crippen LogP contribution < -0.4 is 9.96 Å². The number of hydroxylamine groups is 1. The van der Waals surface area contributed by atoms with Crippen molar-refractivity contribution in [1.82, 2.24) is 0 Å². The lowest BCUT2D eigenvalue weighted by atomic mass is 9.90. The summed E-state index contributed by atoms with van der Waals surface area (Å²) in [4.78, 5) is 34.7. The number of hydrogen-bond acceptors (Lipinski definition) is 4. The van der Waals surface area contributed by atoms with Gasteiger partial charge < -0.3 is 0 Å². The van der Waals surface area contributed by atoms with Crippen molar-refractivity contribution in [3.63, 3.8) is 0 Å². The van der Waals surface area contributed by atoms with E-state index in [4.69, 9.17) is 4.84 Å². The molecule has 2 heterocycles. The Hall–Kier alpha value is -4.03. The molecule has 0 saturated carbocycles. The van der Waals surface area contributed by atoms with E-state index >= 15 is 0 Å². The predicted molar refractivity (Wildman–Crippen MR) is 123 cm³/mol. The van der Waals surface area contributed by atoms with Gasteiger partial charge >= 0.3 is 0 Å². The van der Waals surface area contributed by atoms with Crippen molar-refractivity contribution < 1.29 is 18.8 Å². The molecule has 0 N–H and O–H groups in total. The van der Waals surface area contributed by atoms with Crippen LogP contribution in [-0.2, 0) is 14.4 Å². The molecule has 2 fully saturated rings. The predicted octanol–water partition coefficient (Wildman–Crippen LogP) is 5.03. The average Bonchev–Trinajstić information content (AvgIpc) is 3.36. The number of para-hydroxylation sites is 1. The Morgan fingerprint density at radius 2 is 1.42 bits per heavy atom. The molecule has 6 rings (SSSR count). The second-order valence-electron chi connectivity index (χ2n) is 8.22. The van der Waals surface area contributed by atoms with Gasteiger partial charge in [-0.15, -0.1) is 0 Å². The third kappa shape index (κ3) is 3.02. The summed E-state index contributed by atoms with van der Waals surface area (Å²) in [6.07, 6.45) is -0.966. The van der Waals surface area contributed by atoms with E-state index in [1.54, 1.807) is 23.3 Å². The van der Waals surface area contributed by atoms with Gasteiger partial charge in [0.1, 0.15) is 11.7 Å². The average molecular weight is 438 g/mol. The zero-order valence-corrected chi connectivity index (χ0v) is 17.5. The van der Waals surface area contributed by atoms with Crippen LogP contribution in [0.1, 0.15) is 11.6 Å². The van der Waals surface area contributed by atoms with Crippen molar-refractivity contribution in [2.75, 3.05) is 9.96 Å². The zero-order valence-electron chi connectivity index (χ0n) is 17.5. The van der Waals surface area contributed by atoms with Gasteiger partial charge in [0, 0.05) is 5.39 Å². The Bertz CT molecular complexity index is 1370. The van der Waals surface area contributed by atoms with Crippen LogP contribution in [0.3, 0.4) is 0 Å². The summed E-state index contributed by atoms with van der Waals surface area (Å²) in [7, 11) is 0. The minimum Gasteiger partial charge on any atom is -0.273 e. The summed E-state index contributed by atoms with van der Waals surface area (Å²) < 4.78 is 13.7. The van der Waals surface area contributed by atoms with Crippen LogP contribution in [0.25, 0.3) is 10.8 Å². The number of rotatable bonds is 3. The van der Waals surface area contributed by atoms with Crippen molar-refractivity contribution in [2.45, 2.75) is 12.1 Å². The molecule has 4 aromatic carbocycles. The molecular weight excluding hydrogens is 419 g/mol. The molecule has 33 heavy (non-hydrogen) atoms. The first kappa shape index (κ1) is 19.6. The molecule has 162 valence electrons. The highest BCUT2D eigenvalue weighted by molar-refractivity contribution is 6.26. The highest BCUT2D eigenvalue weighted by Gasteiger charge is 2.60. The highest BCUT2D eigenvalue weighted by atomic mass is 19.1. The number of carbonyl (C=O) groups excluding carboxylic acids is 2. The van der Waals surface area contributed by atoms with E-state index in [2.05, 4.69) is 0 Å². The Balaban J connectivity index is 1.46. The van der Waals surface area contributed by atoms with Gasteiger partial charge in [-0.3, -0.25) is 14.4 Å². The molecular formula is C27H19FN2O3. The Labute approximate surface area is 189 Å². The maximum atomic E-state index is 13.8. The number of benzene rings is 4. The van der Waals surface area contributed by atoms with Crippen LogP contribution in [-0.4, -0.2) is 17.9 Å². The summed E-state index contributed by atoms with van der Waals surface area (Å²) in [5, 5.41) is 3.37. The summed E-state index contributed by atoms with van der Waals surface area (Å²) in [6.45, 7) is 0. The lowest BCUT2D eigenvalue weighted by molar-refractivity contribution is -0.126. The third-order valence-electron chi connectivity index (χ3n) is 6.35. The number of anilines is 2. The van der Waals surface area contributed by atoms with E-state index in [1.807, 2.05) is 66.7 Å². The quantitative estimate of drug-likeness (QED) is 0.421. The molecule has 2 aliphatic rings. The summed E-state index contributed by atoms with van der Waals surface area (Å²) in [6, 6.07) is 27.9. The van der Waals surface area contributed by atoms with E-state index in [0.29, 0.717) is 11.3 Å². The van der Waals surface area contributed by atoms with Crippen LogP contribution in [0.5, 0.6) is 0 Å². The molecule has 3 atom stereocenters. The van der Waals surface area contributed by atoms with Crippen molar-refractivity contribution in [3.05, 3.63) is 108 Å². The molecule has 5 nitrogen and oxygen atoms in total. The van der Waals surface area contributed by atoms with Crippen LogP contribution in [0.4, 0.5) is 15.8 Å². The standard InChI is InChI=1S/C27H19FN2O3/c28-19-15-13-18(14-16-19)24-23-25(33-30(24)20-9-2-1-3-10-20)27(32)29(26(23)31)22-12-6-8-17-7-4-5-11-21(17)22/h1-16,23-25H/t23-,24-,25-/m1/s1. The van der Waals surface area contributed by atoms with Gasteiger partial charge in [0.2, 0.25) is 5.91 Å². The first-order chi connectivity index (χ1) is 16.1. The molecule has 0 unspecified atom stereocenters. The normalized spacial score (nSPS) is 22.3. The van der Waals surface area contributed by atoms with Crippen molar-refractivity contribution in [1.29, 1.82) is 0 Å². The summed E-state index contributed by atoms with van der Waals surface area (Å²) in [5.74, 6) is -1.85.